The first-order valence-corrected chi connectivity index (χ1v) is 9.38. The van der Waals surface area contributed by atoms with Crippen molar-refractivity contribution in [3.05, 3.63) is 57.5 Å². The van der Waals surface area contributed by atoms with Crippen molar-refractivity contribution < 1.29 is 9.53 Å². The molecule has 0 aliphatic carbocycles. The maximum atomic E-state index is 12.6. The molecule has 1 aliphatic rings. The molecule has 1 amide bonds. The van der Waals surface area contributed by atoms with Gasteiger partial charge in [0.05, 0.1) is 11.0 Å². The van der Waals surface area contributed by atoms with Crippen LogP contribution in [0.15, 0.2) is 41.2 Å². The molecule has 0 saturated carbocycles. The molecule has 27 heavy (non-hydrogen) atoms. The Bertz CT molecular complexity index is 1100. The van der Waals surface area contributed by atoms with Crippen LogP contribution in [0.4, 0.5) is 5.69 Å². The molecule has 0 radical (unpaired) electrons. The first-order valence-electron chi connectivity index (χ1n) is 9.00. The molecule has 140 valence electrons. The molecule has 4 rings (SSSR count). The number of rotatable bonds is 4. The predicted molar refractivity (Wildman–Crippen MR) is 106 cm³/mol. The van der Waals surface area contributed by atoms with Gasteiger partial charge < -0.3 is 10.1 Å². The van der Waals surface area contributed by atoms with Gasteiger partial charge in [-0.25, -0.2) is 4.79 Å². The molecule has 2 heterocycles. The third kappa shape index (κ3) is 3.00. The number of ether oxygens (including phenoxy) is 1. The number of imidazole rings is 1. The van der Waals surface area contributed by atoms with Crippen LogP contribution in [0.5, 0.6) is 5.75 Å². The van der Waals surface area contributed by atoms with E-state index in [9.17, 15) is 9.59 Å². The van der Waals surface area contributed by atoms with Crippen molar-refractivity contribution in [3.8, 4) is 5.75 Å². The summed E-state index contributed by atoms with van der Waals surface area (Å²) in [5.41, 5.74) is 3.20. The van der Waals surface area contributed by atoms with Crippen LogP contribution in [0.2, 0.25) is 5.02 Å². The normalized spacial score (nSPS) is 15.6. The molecule has 7 heteroatoms. The van der Waals surface area contributed by atoms with Gasteiger partial charge >= 0.3 is 5.69 Å². The molecule has 0 bridgehead atoms. The lowest BCUT2D eigenvalue weighted by Crippen LogP contribution is -2.31. The van der Waals surface area contributed by atoms with E-state index in [4.69, 9.17) is 16.3 Å². The van der Waals surface area contributed by atoms with Crippen LogP contribution >= 0.6 is 11.6 Å². The number of halogens is 1. The highest BCUT2D eigenvalue weighted by Gasteiger charge is 2.29. The number of carbonyl (C=O) groups excluding carboxylic acids is 1. The molecular formula is C20H20ClN3O3. The number of benzene rings is 2. The van der Waals surface area contributed by atoms with E-state index >= 15 is 0 Å². The summed E-state index contributed by atoms with van der Waals surface area (Å²) in [4.78, 5) is 25.1. The Balaban J connectivity index is 1.59. The van der Waals surface area contributed by atoms with Gasteiger partial charge in [0.1, 0.15) is 5.75 Å². The summed E-state index contributed by atoms with van der Waals surface area (Å²) in [5, 5.41) is 3.53. The number of hydrogen-bond donors (Lipinski definition) is 1. The molecule has 0 unspecified atom stereocenters. The molecule has 3 aromatic rings. The fourth-order valence-electron chi connectivity index (χ4n) is 3.59. The van der Waals surface area contributed by atoms with E-state index in [1.807, 2.05) is 38.1 Å². The third-order valence-corrected chi connectivity index (χ3v) is 5.14. The monoisotopic (exact) mass is 385 g/mol. The molecule has 0 spiro atoms. The zero-order valence-electron chi connectivity index (χ0n) is 15.2. The van der Waals surface area contributed by atoms with Gasteiger partial charge in [-0.1, -0.05) is 11.6 Å². The topological polar surface area (TPSA) is 65.3 Å². The first kappa shape index (κ1) is 17.7. The third-order valence-electron chi connectivity index (χ3n) is 4.91. The molecular weight excluding hydrogens is 366 g/mol. The van der Waals surface area contributed by atoms with E-state index in [1.165, 1.54) is 0 Å². The number of hydrogen-bond acceptors (Lipinski definition) is 3. The Morgan fingerprint density at radius 1 is 1.15 bits per heavy atom. The largest absolute Gasteiger partial charge is 0.480 e. The number of aryl methyl sites for hydroxylation is 2. The standard InChI is InChI=1S/C20H20ClN3O3/c1-3-23-15-7-6-14(11-16(15)24(4-2)20(23)26)22-19(25)18-10-12-9-13(21)5-8-17(12)27-18/h5-9,11,18H,3-4,10H2,1-2H3,(H,22,25)/t18-/m1/s1. The summed E-state index contributed by atoms with van der Waals surface area (Å²) in [7, 11) is 0. The van der Waals surface area contributed by atoms with Gasteiger partial charge in [-0.05, 0) is 55.8 Å². The highest BCUT2D eigenvalue weighted by atomic mass is 35.5. The summed E-state index contributed by atoms with van der Waals surface area (Å²) >= 11 is 6.01. The molecule has 6 nitrogen and oxygen atoms in total. The van der Waals surface area contributed by atoms with Crippen molar-refractivity contribution in [1.82, 2.24) is 9.13 Å². The number of anilines is 1. The van der Waals surface area contributed by atoms with Crippen molar-refractivity contribution in [2.45, 2.75) is 39.5 Å². The van der Waals surface area contributed by atoms with E-state index in [0.29, 0.717) is 36.0 Å². The SMILES string of the molecule is CCn1c(=O)n(CC)c2cc(NC(=O)[C@H]3Cc4cc(Cl)ccc4O3)ccc21. The highest BCUT2D eigenvalue weighted by molar-refractivity contribution is 6.30. The average Bonchev–Trinajstić information content (AvgIpc) is 3.18. The number of amides is 1. The quantitative estimate of drug-likeness (QED) is 0.748. The first-order chi connectivity index (χ1) is 13.0. The van der Waals surface area contributed by atoms with Gasteiger partial charge in [-0.2, -0.15) is 0 Å². The summed E-state index contributed by atoms with van der Waals surface area (Å²) in [6.45, 7) is 5.05. The Kier molecular flexibility index (Phi) is 4.44. The van der Waals surface area contributed by atoms with E-state index in [2.05, 4.69) is 5.32 Å². The lowest BCUT2D eigenvalue weighted by Gasteiger charge is -2.12. The second kappa shape index (κ2) is 6.78. The van der Waals surface area contributed by atoms with E-state index in [1.54, 1.807) is 21.3 Å². The molecule has 1 atom stereocenters. The van der Waals surface area contributed by atoms with Crippen LogP contribution in [0.1, 0.15) is 19.4 Å². The lowest BCUT2D eigenvalue weighted by atomic mass is 10.1. The van der Waals surface area contributed by atoms with Crippen molar-refractivity contribution in [2.75, 3.05) is 5.32 Å². The smallest absolute Gasteiger partial charge is 0.329 e. The van der Waals surface area contributed by atoms with Crippen LogP contribution in [0.3, 0.4) is 0 Å². The second-order valence-electron chi connectivity index (χ2n) is 6.53. The average molecular weight is 386 g/mol. The highest BCUT2D eigenvalue weighted by Crippen LogP contribution is 2.31. The number of nitrogens with zero attached hydrogens (tertiary/aromatic N) is 2. The van der Waals surface area contributed by atoms with Gasteiger partial charge in [-0.3, -0.25) is 13.9 Å². The van der Waals surface area contributed by atoms with Crippen molar-refractivity contribution in [3.63, 3.8) is 0 Å². The fourth-order valence-corrected chi connectivity index (χ4v) is 3.79. The van der Waals surface area contributed by atoms with Crippen LogP contribution in [0, 0.1) is 0 Å². The molecule has 0 fully saturated rings. The Morgan fingerprint density at radius 3 is 2.63 bits per heavy atom. The van der Waals surface area contributed by atoms with Gasteiger partial charge in [0.2, 0.25) is 0 Å². The molecule has 1 N–H and O–H groups in total. The lowest BCUT2D eigenvalue weighted by molar-refractivity contribution is -0.122. The van der Waals surface area contributed by atoms with Crippen LogP contribution in [0.25, 0.3) is 11.0 Å². The van der Waals surface area contributed by atoms with Crippen LogP contribution in [-0.4, -0.2) is 21.1 Å². The molecule has 0 saturated heterocycles. The Hall–Kier alpha value is -2.73. The molecule has 1 aliphatic heterocycles. The zero-order chi connectivity index (χ0) is 19.1. The van der Waals surface area contributed by atoms with Crippen LogP contribution < -0.4 is 15.7 Å². The zero-order valence-corrected chi connectivity index (χ0v) is 15.9. The summed E-state index contributed by atoms with van der Waals surface area (Å²) in [6.07, 6.45) is -0.113. The number of carbonyl (C=O) groups is 1. The Labute approximate surface area is 161 Å². The molecule has 1 aromatic heterocycles. The van der Waals surface area contributed by atoms with Gasteiger partial charge in [0.15, 0.2) is 6.10 Å². The van der Waals surface area contributed by atoms with E-state index in [0.717, 1.165) is 16.6 Å². The number of fused-ring (bicyclic) bond motifs is 2. The minimum Gasteiger partial charge on any atom is -0.480 e. The molecule has 2 aromatic carbocycles. The predicted octanol–water partition coefficient (Wildman–Crippen LogP) is 3.44. The summed E-state index contributed by atoms with van der Waals surface area (Å²) in [5.74, 6) is 0.469. The van der Waals surface area contributed by atoms with Crippen LogP contribution in [-0.2, 0) is 24.3 Å². The summed E-state index contributed by atoms with van der Waals surface area (Å²) in [6, 6.07) is 10.9. The minimum absolute atomic E-state index is 0.0371. The van der Waals surface area contributed by atoms with E-state index < -0.39 is 6.10 Å². The maximum Gasteiger partial charge on any atom is 0.329 e. The van der Waals surface area contributed by atoms with Crippen molar-refractivity contribution >= 4 is 34.2 Å². The maximum absolute atomic E-state index is 12.6. The van der Waals surface area contributed by atoms with Crippen molar-refractivity contribution in [1.29, 1.82) is 0 Å². The minimum atomic E-state index is -0.595. The second-order valence-corrected chi connectivity index (χ2v) is 6.96. The summed E-state index contributed by atoms with van der Waals surface area (Å²) < 4.78 is 9.17. The van der Waals surface area contributed by atoms with Gasteiger partial charge in [-0.15, -0.1) is 0 Å². The number of aromatic nitrogens is 2. The van der Waals surface area contributed by atoms with Gasteiger partial charge in [0, 0.05) is 30.2 Å². The van der Waals surface area contributed by atoms with E-state index in [-0.39, 0.29) is 11.6 Å². The van der Waals surface area contributed by atoms with Crippen molar-refractivity contribution in [2.24, 2.45) is 0 Å². The number of nitrogens with one attached hydrogen (secondary N) is 1. The van der Waals surface area contributed by atoms with Gasteiger partial charge in [0.25, 0.3) is 5.91 Å². The Morgan fingerprint density at radius 2 is 1.89 bits per heavy atom. The fraction of sp³-hybridized carbons (Fsp3) is 0.300.